The minimum absolute atomic E-state index is 0.0700. The first-order chi connectivity index (χ1) is 8.04. The van der Waals surface area contributed by atoms with E-state index in [0.717, 1.165) is 16.7 Å². The summed E-state index contributed by atoms with van der Waals surface area (Å²) in [7, 11) is 0. The molecule has 17 heavy (non-hydrogen) atoms. The Bertz CT molecular complexity index is 484. The van der Waals surface area contributed by atoms with E-state index < -0.39 is 12.0 Å². The number of aryl methyl sites for hydroxylation is 1. The van der Waals surface area contributed by atoms with Crippen LogP contribution in [-0.2, 0) is 15.5 Å². The van der Waals surface area contributed by atoms with E-state index >= 15 is 0 Å². The Hall–Kier alpha value is -1.35. The van der Waals surface area contributed by atoms with Crippen molar-refractivity contribution in [3.63, 3.8) is 0 Å². The van der Waals surface area contributed by atoms with Crippen LogP contribution < -0.4 is 5.32 Å². The van der Waals surface area contributed by atoms with Gasteiger partial charge in [0.1, 0.15) is 5.92 Å². The number of amides is 1. The lowest BCUT2D eigenvalue weighted by Gasteiger charge is -2.09. The van der Waals surface area contributed by atoms with Gasteiger partial charge < -0.3 is 5.32 Å². The van der Waals surface area contributed by atoms with Crippen molar-refractivity contribution in [1.82, 2.24) is 5.32 Å². The lowest BCUT2D eigenvalue weighted by Crippen LogP contribution is -2.25. The van der Waals surface area contributed by atoms with Crippen molar-refractivity contribution < 1.29 is 9.59 Å². The van der Waals surface area contributed by atoms with Gasteiger partial charge in [-0.2, -0.15) is 0 Å². The molecular formula is C13H14ClNO2. The quantitative estimate of drug-likeness (QED) is 0.645. The van der Waals surface area contributed by atoms with Gasteiger partial charge in [-0.3, -0.25) is 9.59 Å². The van der Waals surface area contributed by atoms with E-state index in [1.54, 1.807) is 6.92 Å². The fraction of sp³-hybridized carbons (Fsp3) is 0.385. The molecule has 4 heteroatoms. The maximum absolute atomic E-state index is 11.9. The molecule has 3 nitrogen and oxygen atoms in total. The van der Waals surface area contributed by atoms with Crippen LogP contribution in [-0.4, -0.2) is 17.7 Å². The summed E-state index contributed by atoms with van der Waals surface area (Å²) in [6, 6.07) is 5.18. The Morgan fingerprint density at radius 3 is 2.59 bits per heavy atom. The second-order valence-corrected chi connectivity index (χ2v) is 4.65. The predicted octanol–water partition coefficient (Wildman–Crippen LogP) is 1.90. The zero-order valence-electron chi connectivity index (χ0n) is 9.79. The summed E-state index contributed by atoms with van der Waals surface area (Å²) in [6.45, 7) is 3.66. The molecule has 0 aliphatic carbocycles. The zero-order valence-corrected chi connectivity index (χ0v) is 10.5. The molecule has 0 saturated carbocycles. The zero-order chi connectivity index (χ0) is 12.6. The summed E-state index contributed by atoms with van der Waals surface area (Å²) < 4.78 is 0. The number of Topliss-reactive ketones (excluding diaryl/α,β-unsaturated/α-hetero) is 1. The molecule has 90 valence electrons. The van der Waals surface area contributed by atoms with Crippen LogP contribution in [0.1, 0.15) is 29.5 Å². The van der Waals surface area contributed by atoms with Crippen molar-refractivity contribution in [2.24, 2.45) is 0 Å². The summed E-state index contributed by atoms with van der Waals surface area (Å²) in [5.74, 6) is -0.573. The van der Waals surface area contributed by atoms with Crippen LogP contribution in [0.25, 0.3) is 0 Å². The first-order valence-corrected chi connectivity index (χ1v) is 6.07. The Labute approximate surface area is 105 Å². The van der Waals surface area contributed by atoms with E-state index in [1.165, 1.54) is 0 Å². The summed E-state index contributed by atoms with van der Waals surface area (Å²) in [5, 5.41) is 2.65. The number of benzene rings is 1. The van der Waals surface area contributed by atoms with Crippen LogP contribution >= 0.6 is 11.6 Å². The molecule has 1 aliphatic rings. The maximum Gasteiger partial charge on any atom is 0.235 e. The van der Waals surface area contributed by atoms with Crippen LogP contribution in [0.4, 0.5) is 0 Å². The number of carbonyl (C=O) groups excluding carboxylic acids is 2. The van der Waals surface area contributed by atoms with E-state index in [-0.39, 0.29) is 11.7 Å². The van der Waals surface area contributed by atoms with Crippen LogP contribution in [0.15, 0.2) is 18.2 Å². The molecule has 0 bridgehead atoms. The predicted molar refractivity (Wildman–Crippen MR) is 66.1 cm³/mol. The first-order valence-electron chi connectivity index (χ1n) is 5.54. The van der Waals surface area contributed by atoms with Crippen molar-refractivity contribution in [3.8, 4) is 0 Å². The molecule has 1 aromatic rings. The number of hydrogen-bond acceptors (Lipinski definition) is 2. The molecule has 1 amide bonds. The minimum Gasteiger partial charge on any atom is -0.346 e. The van der Waals surface area contributed by atoms with E-state index in [0.29, 0.717) is 5.88 Å². The molecule has 1 aliphatic heterocycles. The topological polar surface area (TPSA) is 46.2 Å². The molecule has 0 spiro atoms. The number of hydrogen-bond donors (Lipinski definition) is 1. The number of ketones is 1. The van der Waals surface area contributed by atoms with Gasteiger partial charge in [0.05, 0.1) is 6.04 Å². The number of nitrogens with one attached hydrogen (secondary N) is 1. The van der Waals surface area contributed by atoms with Gasteiger partial charge in [-0.05, 0) is 30.5 Å². The van der Waals surface area contributed by atoms with Crippen molar-refractivity contribution in [1.29, 1.82) is 0 Å². The van der Waals surface area contributed by atoms with Crippen molar-refractivity contribution >= 4 is 23.3 Å². The van der Waals surface area contributed by atoms with Gasteiger partial charge >= 0.3 is 0 Å². The smallest absolute Gasteiger partial charge is 0.235 e. The third-order valence-corrected chi connectivity index (χ3v) is 3.47. The molecule has 2 rings (SSSR count). The number of carbonyl (C=O) groups is 2. The van der Waals surface area contributed by atoms with E-state index in [4.69, 9.17) is 11.6 Å². The molecule has 0 aromatic heterocycles. The van der Waals surface area contributed by atoms with Gasteiger partial charge in [-0.25, -0.2) is 0 Å². The maximum atomic E-state index is 11.9. The number of halogens is 1. The van der Waals surface area contributed by atoms with Crippen molar-refractivity contribution in [3.05, 3.63) is 34.9 Å². The lowest BCUT2D eigenvalue weighted by atomic mass is 9.92. The highest BCUT2D eigenvalue weighted by Crippen LogP contribution is 2.26. The second-order valence-electron chi connectivity index (χ2n) is 4.39. The van der Waals surface area contributed by atoms with E-state index in [2.05, 4.69) is 5.32 Å². The largest absolute Gasteiger partial charge is 0.346 e. The molecule has 2 atom stereocenters. The van der Waals surface area contributed by atoms with Gasteiger partial charge in [0.2, 0.25) is 5.91 Å². The monoisotopic (exact) mass is 251 g/mol. The molecule has 1 saturated heterocycles. The summed E-state index contributed by atoms with van der Waals surface area (Å²) in [5.41, 5.74) is 2.77. The van der Waals surface area contributed by atoms with Crippen LogP contribution in [0, 0.1) is 6.92 Å². The highest BCUT2D eigenvalue weighted by atomic mass is 35.5. The van der Waals surface area contributed by atoms with Crippen LogP contribution in [0.2, 0.25) is 0 Å². The molecule has 0 radical (unpaired) electrons. The fourth-order valence-corrected chi connectivity index (χ4v) is 2.37. The normalized spacial score (nSPS) is 23.9. The number of alkyl halides is 1. The third-order valence-electron chi connectivity index (χ3n) is 3.18. The van der Waals surface area contributed by atoms with Gasteiger partial charge in [-0.1, -0.05) is 18.2 Å². The van der Waals surface area contributed by atoms with Gasteiger partial charge in [0.15, 0.2) is 5.78 Å². The minimum atomic E-state index is -0.674. The average molecular weight is 252 g/mol. The average Bonchev–Trinajstić information content (AvgIpc) is 2.55. The van der Waals surface area contributed by atoms with Gasteiger partial charge in [-0.15, -0.1) is 11.6 Å². The van der Waals surface area contributed by atoms with E-state index in [1.807, 2.05) is 25.1 Å². The molecular weight excluding hydrogens is 238 g/mol. The third kappa shape index (κ3) is 2.07. The Kier molecular flexibility index (Phi) is 3.20. The van der Waals surface area contributed by atoms with Crippen LogP contribution in [0.5, 0.6) is 0 Å². The molecule has 1 aromatic carbocycles. The molecule has 1 heterocycles. The Morgan fingerprint density at radius 2 is 2.06 bits per heavy atom. The van der Waals surface area contributed by atoms with Gasteiger partial charge in [0, 0.05) is 5.88 Å². The second kappa shape index (κ2) is 4.49. The Morgan fingerprint density at radius 1 is 1.35 bits per heavy atom. The van der Waals surface area contributed by atoms with Crippen LogP contribution in [0.3, 0.4) is 0 Å². The van der Waals surface area contributed by atoms with E-state index in [9.17, 15) is 9.59 Å². The standard InChI is InChI=1S/C13H14ClNO2/c1-7-3-4-9(5-10(7)6-14)11-12(16)8(2)15-13(11)17/h3-5,8,11H,6H2,1-2H3,(H,15,17). The summed E-state index contributed by atoms with van der Waals surface area (Å²) in [4.78, 5) is 23.6. The molecule has 1 fully saturated rings. The Balaban J connectivity index is 2.41. The first kappa shape index (κ1) is 12.1. The van der Waals surface area contributed by atoms with Crippen molar-refractivity contribution in [2.45, 2.75) is 31.7 Å². The SMILES string of the molecule is Cc1ccc(C2C(=O)NC(C)C2=O)cc1CCl. The summed E-state index contributed by atoms with van der Waals surface area (Å²) in [6.07, 6.45) is 0. The lowest BCUT2D eigenvalue weighted by molar-refractivity contribution is -0.124. The summed E-state index contributed by atoms with van der Waals surface area (Å²) >= 11 is 5.83. The highest BCUT2D eigenvalue weighted by molar-refractivity contribution is 6.17. The van der Waals surface area contributed by atoms with Gasteiger partial charge in [0.25, 0.3) is 0 Å². The fourth-order valence-electron chi connectivity index (χ4n) is 2.08. The molecule has 1 N–H and O–H groups in total. The van der Waals surface area contributed by atoms with Crippen molar-refractivity contribution in [2.75, 3.05) is 0 Å². The molecule has 2 unspecified atom stereocenters. The number of rotatable bonds is 2. The highest BCUT2D eigenvalue weighted by Gasteiger charge is 2.39.